The van der Waals surface area contributed by atoms with E-state index in [2.05, 4.69) is 10.1 Å². The lowest BCUT2D eigenvalue weighted by molar-refractivity contribution is -0.138. The number of halogens is 3. The number of rotatable bonds is 5. The van der Waals surface area contributed by atoms with Gasteiger partial charge in [-0.1, -0.05) is 12.1 Å². The summed E-state index contributed by atoms with van der Waals surface area (Å²) in [6.07, 6.45) is -3.24. The molecule has 28 heavy (non-hydrogen) atoms. The second-order valence-electron chi connectivity index (χ2n) is 6.23. The van der Waals surface area contributed by atoms with Gasteiger partial charge in [-0.2, -0.15) is 18.3 Å². The average Bonchev–Trinajstić information content (AvgIpc) is 2.93. The van der Waals surface area contributed by atoms with E-state index in [0.29, 0.717) is 22.5 Å². The maximum Gasteiger partial charge on any atom is 0.416 e. The van der Waals surface area contributed by atoms with Crippen molar-refractivity contribution >= 4 is 28.9 Å². The third-order valence-corrected chi connectivity index (χ3v) is 4.15. The summed E-state index contributed by atoms with van der Waals surface area (Å²) >= 11 is 0. The summed E-state index contributed by atoms with van der Waals surface area (Å²) < 4.78 is 40.9. The molecule has 3 rings (SSSR count). The van der Waals surface area contributed by atoms with E-state index in [-0.39, 0.29) is 12.1 Å². The van der Waals surface area contributed by atoms with Crippen molar-refractivity contribution in [3.05, 3.63) is 59.4 Å². The first-order valence-electron chi connectivity index (χ1n) is 8.29. The van der Waals surface area contributed by atoms with E-state index < -0.39 is 17.7 Å². The van der Waals surface area contributed by atoms with Crippen LogP contribution in [-0.2, 0) is 11.0 Å². The van der Waals surface area contributed by atoms with Crippen LogP contribution >= 0.6 is 0 Å². The van der Waals surface area contributed by atoms with Gasteiger partial charge in [0, 0.05) is 18.3 Å². The third kappa shape index (κ3) is 3.98. The monoisotopic (exact) mass is 390 g/mol. The van der Waals surface area contributed by atoms with Crippen LogP contribution in [0.15, 0.2) is 47.6 Å². The molecule has 0 saturated carbocycles. The molecule has 6 nitrogen and oxygen atoms in total. The van der Waals surface area contributed by atoms with Crippen LogP contribution in [0.1, 0.15) is 17.0 Å². The van der Waals surface area contributed by atoms with Gasteiger partial charge in [0.1, 0.15) is 12.4 Å². The largest absolute Gasteiger partial charge is 0.480 e. The summed E-state index contributed by atoms with van der Waals surface area (Å²) in [5.74, 6) is -0.522. The molecule has 0 aliphatic carbocycles. The van der Waals surface area contributed by atoms with Gasteiger partial charge in [0.25, 0.3) is 0 Å². The van der Waals surface area contributed by atoms with E-state index in [1.54, 1.807) is 13.0 Å². The number of benzene rings is 2. The van der Waals surface area contributed by atoms with E-state index in [1.165, 1.54) is 28.9 Å². The number of hydrogen-bond acceptors (Lipinski definition) is 4. The minimum absolute atomic E-state index is 0.149. The second kappa shape index (κ2) is 7.34. The van der Waals surface area contributed by atoms with E-state index in [0.717, 1.165) is 12.1 Å². The fourth-order valence-corrected chi connectivity index (χ4v) is 2.87. The highest BCUT2D eigenvalue weighted by atomic mass is 19.4. The van der Waals surface area contributed by atoms with E-state index in [9.17, 15) is 18.0 Å². The van der Waals surface area contributed by atoms with Crippen LogP contribution in [0.4, 0.5) is 18.9 Å². The topological polar surface area (TPSA) is 70.7 Å². The maximum atomic E-state index is 13.1. The number of anilines is 1. The Balaban J connectivity index is 2.08. The third-order valence-electron chi connectivity index (χ3n) is 4.15. The van der Waals surface area contributed by atoms with Crippen LogP contribution in [0.5, 0.6) is 0 Å². The van der Waals surface area contributed by atoms with Gasteiger partial charge in [-0.3, -0.25) is 4.79 Å². The number of likely N-dealkylation sites (N-methyl/N-ethyl adjacent to an activating group) is 1. The molecule has 0 amide bonds. The molecule has 0 saturated heterocycles. The first-order chi connectivity index (χ1) is 13.2. The van der Waals surface area contributed by atoms with Gasteiger partial charge >= 0.3 is 12.1 Å². The standard InChI is InChI=1S/C19H17F3N4O2/c1-12-24-15-5-3-4-6-17(15)26(12)23-10-13-9-14(19(20,21)22)7-8-16(13)25(2)11-18(27)28/h3-10H,11H2,1-2H3,(H,27,28)/b23-10+. The number of fused-ring (bicyclic) bond motifs is 1. The number of aryl methyl sites for hydroxylation is 1. The molecule has 0 fully saturated rings. The smallest absolute Gasteiger partial charge is 0.416 e. The van der Waals surface area contributed by atoms with Gasteiger partial charge in [-0.05, 0) is 37.3 Å². The minimum Gasteiger partial charge on any atom is -0.480 e. The van der Waals surface area contributed by atoms with Crippen molar-refractivity contribution in [3.8, 4) is 0 Å². The van der Waals surface area contributed by atoms with Gasteiger partial charge in [-0.25, -0.2) is 9.66 Å². The molecule has 0 radical (unpaired) electrons. The molecule has 0 unspecified atom stereocenters. The number of carboxylic acids is 1. The summed E-state index contributed by atoms with van der Waals surface area (Å²) in [6.45, 7) is 1.38. The van der Waals surface area contributed by atoms with Crippen molar-refractivity contribution in [2.24, 2.45) is 5.10 Å². The summed E-state index contributed by atoms with van der Waals surface area (Å²) in [7, 11) is 1.49. The van der Waals surface area contributed by atoms with Gasteiger partial charge in [0.05, 0.1) is 22.8 Å². The Kier molecular flexibility index (Phi) is 5.08. The summed E-state index contributed by atoms with van der Waals surface area (Å²) in [4.78, 5) is 16.7. The Morgan fingerprint density at radius 1 is 1.29 bits per heavy atom. The van der Waals surface area contributed by atoms with Crippen molar-refractivity contribution in [3.63, 3.8) is 0 Å². The van der Waals surface area contributed by atoms with Gasteiger partial charge in [-0.15, -0.1) is 0 Å². The molecule has 0 atom stereocenters. The number of aromatic nitrogens is 2. The van der Waals surface area contributed by atoms with Gasteiger partial charge < -0.3 is 10.0 Å². The van der Waals surface area contributed by atoms with Crippen molar-refractivity contribution in [2.45, 2.75) is 13.1 Å². The highest BCUT2D eigenvalue weighted by Crippen LogP contribution is 2.32. The molecular weight excluding hydrogens is 373 g/mol. The first kappa shape index (κ1) is 19.4. The fraction of sp³-hybridized carbons (Fsp3) is 0.211. The van der Waals surface area contributed by atoms with Crippen molar-refractivity contribution in [2.75, 3.05) is 18.5 Å². The number of nitrogens with zero attached hydrogens (tertiary/aromatic N) is 4. The van der Waals surface area contributed by atoms with Gasteiger partial charge in [0.2, 0.25) is 0 Å². The predicted molar refractivity (Wildman–Crippen MR) is 99.8 cm³/mol. The van der Waals surface area contributed by atoms with Gasteiger partial charge in [0.15, 0.2) is 0 Å². The molecule has 1 heterocycles. The summed E-state index contributed by atoms with van der Waals surface area (Å²) in [6, 6.07) is 10.4. The number of imidazole rings is 1. The van der Waals surface area contributed by atoms with Crippen LogP contribution in [0.3, 0.4) is 0 Å². The molecular formula is C19H17F3N4O2. The maximum absolute atomic E-state index is 13.1. The Labute approximate surface area is 158 Å². The molecule has 0 aliphatic rings. The molecule has 0 spiro atoms. The highest BCUT2D eigenvalue weighted by molar-refractivity contribution is 5.90. The van der Waals surface area contributed by atoms with E-state index >= 15 is 0 Å². The SMILES string of the molecule is Cc1nc2ccccc2n1/N=C/c1cc(C(F)(F)F)ccc1N(C)CC(=O)O. The summed E-state index contributed by atoms with van der Waals surface area (Å²) in [5, 5.41) is 13.3. The number of aliphatic carboxylic acids is 1. The Morgan fingerprint density at radius 2 is 2.00 bits per heavy atom. The highest BCUT2D eigenvalue weighted by Gasteiger charge is 2.31. The van der Waals surface area contributed by atoms with Crippen molar-refractivity contribution in [1.29, 1.82) is 0 Å². The lowest BCUT2D eigenvalue weighted by atomic mass is 10.1. The quantitative estimate of drug-likeness (QED) is 0.674. The fourth-order valence-electron chi connectivity index (χ4n) is 2.87. The molecule has 0 aliphatic heterocycles. The lowest BCUT2D eigenvalue weighted by Gasteiger charge is -2.20. The zero-order valence-corrected chi connectivity index (χ0v) is 15.1. The molecule has 0 bridgehead atoms. The van der Waals surface area contributed by atoms with E-state index in [1.807, 2.05) is 18.2 Å². The first-order valence-corrected chi connectivity index (χ1v) is 8.29. The molecule has 1 N–H and O–H groups in total. The number of carbonyl (C=O) groups is 1. The minimum atomic E-state index is -4.52. The van der Waals surface area contributed by atoms with Crippen molar-refractivity contribution in [1.82, 2.24) is 9.66 Å². The lowest BCUT2D eigenvalue weighted by Crippen LogP contribution is -2.26. The molecule has 2 aromatic carbocycles. The van der Waals surface area contributed by atoms with Crippen LogP contribution < -0.4 is 4.90 Å². The molecule has 9 heteroatoms. The average molecular weight is 390 g/mol. The van der Waals surface area contributed by atoms with Crippen LogP contribution in [0.25, 0.3) is 11.0 Å². The Hall–Kier alpha value is -3.36. The van der Waals surface area contributed by atoms with E-state index in [4.69, 9.17) is 5.11 Å². The second-order valence-corrected chi connectivity index (χ2v) is 6.23. The number of para-hydroxylation sites is 2. The van der Waals surface area contributed by atoms with Crippen LogP contribution in [0, 0.1) is 6.92 Å². The summed E-state index contributed by atoms with van der Waals surface area (Å²) in [5.41, 5.74) is 1.05. The molecule has 146 valence electrons. The Bertz CT molecular complexity index is 1060. The zero-order valence-electron chi connectivity index (χ0n) is 15.1. The number of hydrogen-bond donors (Lipinski definition) is 1. The zero-order chi connectivity index (χ0) is 20.5. The normalized spacial score (nSPS) is 12.0. The van der Waals surface area contributed by atoms with Crippen LogP contribution in [-0.4, -0.2) is 40.5 Å². The predicted octanol–water partition coefficient (Wildman–Crippen LogP) is 3.77. The molecule has 1 aromatic heterocycles. The number of carboxylic acid groups (broad SMARTS) is 1. The van der Waals surface area contributed by atoms with Crippen molar-refractivity contribution < 1.29 is 23.1 Å². The Morgan fingerprint density at radius 3 is 2.68 bits per heavy atom. The number of alkyl halides is 3. The van der Waals surface area contributed by atoms with Crippen LogP contribution in [0.2, 0.25) is 0 Å². The molecule has 3 aromatic rings.